The molecule has 0 saturated carbocycles. The highest BCUT2D eigenvalue weighted by Gasteiger charge is 2.37. The molecular formula is C16H23N4O+. The van der Waals surface area contributed by atoms with E-state index in [9.17, 15) is 0 Å². The zero-order chi connectivity index (χ0) is 14.8. The Bertz CT molecular complexity index is 586. The van der Waals surface area contributed by atoms with Crippen LogP contribution in [0, 0.1) is 0 Å². The molecule has 1 aromatic carbocycles. The summed E-state index contributed by atoms with van der Waals surface area (Å²) in [5, 5.41) is 6.47. The first kappa shape index (κ1) is 13.9. The number of anilines is 1. The van der Waals surface area contributed by atoms with Crippen molar-refractivity contribution in [3.63, 3.8) is 0 Å². The van der Waals surface area contributed by atoms with E-state index < -0.39 is 0 Å². The fourth-order valence-corrected chi connectivity index (χ4v) is 3.19. The van der Waals surface area contributed by atoms with Gasteiger partial charge in [-0.2, -0.15) is 0 Å². The van der Waals surface area contributed by atoms with Crippen LogP contribution < -0.4 is 15.5 Å². The van der Waals surface area contributed by atoms with Crippen molar-refractivity contribution in [2.45, 2.75) is 51.6 Å². The van der Waals surface area contributed by atoms with Crippen LogP contribution in [0.15, 0.2) is 34.9 Å². The molecule has 2 N–H and O–H groups in total. The first-order chi connectivity index (χ1) is 10.2. The minimum absolute atomic E-state index is 0.406. The largest absolute Gasteiger partial charge is 0.362 e. The number of rotatable bonds is 3. The highest BCUT2D eigenvalue weighted by molar-refractivity contribution is 5.31. The van der Waals surface area contributed by atoms with Crippen molar-refractivity contribution in [3.8, 4) is 0 Å². The average molecular weight is 287 g/mol. The molecule has 1 aromatic heterocycles. The smallest absolute Gasteiger partial charge is 0.312 e. The highest BCUT2D eigenvalue weighted by Crippen LogP contribution is 2.20. The van der Waals surface area contributed by atoms with Gasteiger partial charge in [0.15, 0.2) is 0 Å². The van der Waals surface area contributed by atoms with Gasteiger partial charge in [0.05, 0.1) is 23.3 Å². The molecule has 2 aromatic rings. The van der Waals surface area contributed by atoms with Gasteiger partial charge in [0, 0.05) is 0 Å². The van der Waals surface area contributed by atoms with E-state index in [4.69, 9.17) is 10.3 Å². The molecule has 1 saturated heterocycles. The van der Waals surface area contributed by atoms with Crippen molar-refractivity contribution in [2.75, 3.05) is 10.7 Å². The average Bonchev–Trinajstić information content (AvgIpc) is 2.82. The second-order valence-corrected chi connectivity index (χ2v) is 5.94. The minimum atomic E-state index is 0.406. The molecule has 5 nitrogen and oxygen atoms in total. The van der Waals surface area contributed by atoms with E-state index >= 15 is 0 Å². The summed E-state index contributed by atoms with van der Waals surface area (Å²) in [5.41, 5.74) is 8.15. The number of nitrogens with zero attached hydrogens (tertiary/aromatic N) is 3. The molecule has 21 heavy (non-hydrogen) atoms. The Hall–Kier alpha value is -2.04. The van der Waals surface area contributed by atoms with Crippen molar-refractivity contribution < 1.29 is 9.31 Å². The molecule has 112 valence electrons. The number of nitrogens with two attached hydrogens (primary N) is 1. The van der Waals surface area contributed by atoms with Crippen molar-refractivity contribution in [1.82, 2.24) is 5.27 Å². The second-order valence-electron chi connectivity index (χ2n) is 5.94. The second kappa shape index (κ2) is 5.76. The Morgan fingerprint density at radius 3 is 2.57 bits per heavy atom. The van der Waals surface area contributed by atoms with E-state index in [0.29, 0.717) is 18.0 Å². The number of aromatic nitrogens is 2. The summed E-state index contributed by atoms with van der Waals surface area (Å²) in [7, 11) is 0. The summed E-state index contributed by atoms with van der Waals surface area (Å²) < 4.78 is 5.27. The summed E-state index contributed by atoms with van der Waals surface area (Å²) in [6.45, 7) is 4.47. The van der Waals surface area contributed by atoms with E-state index in [1.807, 2.05) is 23.0 Å². The van der Waals surface area contributed by atoms with Crippen LogP contribution >= 0.6 is 0 Å². The summed E-state index contributed by atoms with van der Waals surface area (Å²) in [6, 6.07) is 11.2. The summed E-state index contributed by atoms with van der Waals surface area (Å²) in [6.07, 6.45) is 4.34. The lowest BCUT2D eigenvalue weighted by atomic mass is 10.00. The Morgan fingerprint density at radius 1 is 1.24 bits per heavy atom. The number of benzene rings is 1. The third-order valence-electron chi connectivity index (χ3n) is 4.32. The number of hydrogen-bond donors (Lipinski definition) is 1. The van der Waals surface area contributed by atoms with Gasteiger partial charge in [-0.05, 0) is 38.7 Å². The quantitative estimate of drug-likeness (QED) is 0.878. The molecule has 3 rings (SSSR count). The SMILES string of the molecule is CC1CCCC(C)N1[n+]1noc(N)c1Cc1ccccc1. The van der Waals surface area contributed by atoms with E-state index in [2.05, 4.69) is 36.3 Å². The van der Waals surface area contributed by atoms with Crippen molar-refractivity contribution in [2.24, 2.45) is 0 Å². The molecule has 2 heterocycles. The standard InChI is InChI=1S/C16H23N4O/c1-12-7-6-8-13(2)19(12)20-15(16(17)21-18-20)11-14-9-4-3-5-10-14/h3-5,9-10,12-13H,6-8,11,17H2,1-2H3/q+1. The van der Waals surface area contributed by atoms with Gasteiger partial charge in [-0.15, -0.1) is 5.01 Å². The number of hydrogen-bond acceptors (Lipinski definition) is 4. The Labute approximate surface area is 125 Å². The van der Waals surface area contributed by atoms with Gasteiger partial charge < -0.3 is 5.73 Å². The lowest BCUT2D eigenvalue weighted by Crippen LogP contribution is -2.69. The van der Waals surface area contributed by atoms with Crippen LogP contribution in [0.5, 0.6) is 0 Å². The first-order valence-corrected chi connectivity index (χ1v) is 7.65. The Kier molecular flexibility index (Phi) is 3.82. The summed E-state index contributed by atoms with van der Waals surface area (Å²) in [4.78, 5) is 1.89. The molecule has 2 unspecified atom stereocenters. The van der Waals surface area contributed by atoms with Gasteiger partial charge in [0.25, 0.3) is 5.88 Å². The molecule has 0 amide bonds. The summed E-state index contributed by atoms with van der Waals surface area (Å²) in [5.74, 6) is 0.406. The summed E-state index contributed by atoms with van der Waals surface area (Å²) >= 11 is 0. The van der Waals surface area contributed by atoms with Gasteiger partial charge in [0.1, 0.15) is 0 Å². The molecule has 1 fully saturated rings. The third kappa shape index (κ3) is 2.73. The highest BCUT2D eigenvalue weighted by atomic mass is 16.5. The van der Waals surface area contributed by atoms with Gasteiger partial charge >= 0.3 is 5.69 Å². The van der Waals surface area contributed by atoms with Crippen molar-refractivity contribution in [3.05, 3.63) is 41.6 Å². The molecule has 0 aliphatic carbocycles. The maximum absolute atomic E-state index is 6.01. The first-order valence-electron chi connectivity index (χ1n) is 7.65. The lowest BCUT2D eigenvalue weighted by Gasteiger charge is -2.32. The van der Waals surface area contributed by atoms with Gasteiger partial charge in [-0.3, -0.25) is 4.52 Å². The van der Waals surface area contributed by atoms with Crippen LogP contribution in [-0.2, 0) is 6.42 Å². The topological polar surface area (TPSA) is 59.2 Å². The molecule has 2 atom stereocenters. The predicted molar refractivity (Wildman–Crippen MR) is 81.4 cm³/mol. The normalized spacial score (nSPS) is 22.5. The Balaban J connectivity index is 1.93. The fraction of sp³-hybridized carbons (Fsp3) is 0.500. The van der Waals surface area contributed by atoms with Crippen LogP contribution in [0.25, 0.3) is 0 Å². The zero-order valence-corrected chi connectivity index (χ0v) is 12.7. The molecule has 5 heteroatoms. The zero-order valence-electron chi connectivity index (χ0n) is 12.7. The molecule has 0 radical (unpaired) electrons. The van der Waals surface area contributed by atoms with E-state index in [1.165, 1.54) is 24.8 Å². The molecule has 0 bridgehead atoms. The van der Waals surface area contributed by atoms with Crippen molar-refractivity contribution >= 4 is 5.88 Å². The monoisotopic (exact) mass is 287 g/mol. The molecular weight excluding hydrogens is 264 g/mol. The number of nitrogen functional groups attached to an aromatic ring is 1. The lowest BCUT2D eigenvalue weighted by molar-refractivity contribution is -0.771. The van der Waals surface area contributed by atoms with Crippen LogP contribution in [-0.4, -0.2) is 17.4 Å². The minimum Gasteiger partial charge on any atom is -0.362 e. The maximum Gasteiger partial charge on any atom is 0.312 e. The van der Waals surface area contributed by atoms with Gasteiger partial charge in [0.2, 0.25) is 5.27 Å². The molecule has 1 aliphatic rings. The Morgan fingerprint density at radius 2 is 1.90 bits per heavy atom. The van der Waals surface area contributed by atoms with E-state index in [0.717, 1.165) is 12.1 Å². The third-order valence-corrected chi connectivity index (χ3v) is 4.32. The van der Waals surface area contributed by atoms with Crippen LogP contribution in [0.2, 0.25) is 0 Å². The van der Waals surface area contributed by atoms with Crippen LogP contribution in [0.1, 0.15) is 44.4 Å². The number of piperidine rings is 1. The maximum atomic E-state index is 6.01. The van der Waals surface area contributed by atoms with Crippen LogP contribution in [0.4, 0.5) is 5.88 Å². The fourth-order valence-electron chi connectivity index (χ4n) is 3.19. The van der Waals surface area contributed by atoms with Crippen molar-refractivity contribution in [1.29, 1.82) is 0 Å². The molecule has 0 spiro atoms. The van der Waals surface area contributed by atoms with Crippen LogP contribution in [0.3, 0.4) is 0 Å². The van der Waals surface area contributed by atoms with E-state index in [-0.39, 0.29) is 0 Å². The van der Waals surface area contributed by atoms with E-state index in [1.54, 1.807) is 0 Å². The predicted octanol–water partition coefficient (Wildman–Crippen LogP) is 2.03. The van der Waals surface area contributed by atoms with Gasteiger partial charge in [-0.25, -0.2) is 0 Å². The van der Waals surface area contributed by atoms with Gasteiger partial charge in [-0.1, -0.05) is 30.3 Å². The molecule has 1 aliphatic heterocycles.